The van der Waals surface area contributed by atoms with Crippen LogP contribution in [0.3, 0.4) is 0 Å². The van der Waals surface area contributed by atoms with Crippen molar-refractivity contribution >= 4 is 0 Å². The van der Waals surface area contributed by atoms with Gasteiger partial charge in [0, 0.05) is 19.4 Å². The molecule has 2 rings (SSSR count). The Morgan fingerprint density at radius 2 is 2.26 bits per heavy atom. The van der Waals surface area contributed by atoms with Crippen molar-refractivity contribution in [2.24, 2.45) is 7.05 Å². The molecule has 0 bridgehead atoms. The molecular formula is C15H21N3O. The Morgan fingerprint density at radius 3 is 2.89 bits per heavy atom. The van der Waals surface area contributed by atoms with Crippen LogP contribution in [0, 0.1) is 0 Å². The van der Waals surface area contributed by atoms with Crippen molar-refractivity contribution in [3.8, 4) is 5.75 Å². The van der Waals surface area contributed by atoms with Crippen molar-refractivity contribution in [3.05, 3.63) is 48.0 Å². The Labute approximate surface area is 114 Å². The normalized spacial score (nSPS) is 12.4. The molecule has 19 heavy (non-hydrogen) atoms. The molecule has 1 atom stereocenters. The van der Waals surface area contributed by atoms with Crippen LogP contribution in [0.15, 0.2) is 36.7 Å². The van der Waals surface area contributed by atoms with Gasteiger partial charge in [0.1, 0.15) is 11.6 Å². The smallest absolute Gasteiger partial charge is 0.125 e. The lowest BCUT2D eigenvalue weighted by Gasteiger charge is -2.18. The summed E-state index contributed by atoms with van der Waals surface area (Å²) in [7, 11) is 3.72. The van der Waals surface area contributed by atoms with Crippen LogP contribution in [-0.2, 0) is 13.5 Å². The van der Waals surface area contributed by atoms with E-state index in [2.05, 4.69) is 33.9 Å². The quantitative estimate of drug-likeness (QED) is 0.865. The number of ether oxygens (including phenoxy) is 1. The van der Waals surface area contributed by atoms with Crippen LogP contribution in [0.25, 0.3) is 0 Å². The van der Waals surface area contributed by atoms with E-state index in [0.29, 0.717) is 0 Å². The maximum Gasteiger partial charge on any atom is 0.125 e. The lowest BCUT2D eigenvalue weighted by molar-refractivity contribution is 0.413. The van der Waals surface area contributed by atoms with Gasteiger partial charge in [-0.3, -0.25) is 0 Å². The summed E-state index contributed by atoms with van der Waals surface area (Å²) in [5, 5.41) is 3.49. The van der Waals surface area contributed by atoms with Crippen molar-refractivity contribution in [2.75, 3.05) is 13.7 Å². The molecule has 0 spiro atoms. The van der Waals surface area contributed by atoms with Crippen LogP contribution in [0.5, 0.6) is 5.75 Å². The number of aromatic nitrogens is 2. The zero-order valence-electron chi connectivity index (χ0n) is 11.8. The molecule has 1 heterocycles. The SMILES string of the molecule is CCNC(Cc1cccc(OC)c1)c1nccn1C. The summed E-state index contributed by atoms with van der Waals surface area (Å²) in [5.41, 5.74) is 1.24. The molecule has 0 fully saturated rings. The van der Waals surface area contributed by atoms with Crippen LogP contribution in [0.4, 0.5) is 0 Å². The van der Waals surface area contributed by atoms with Gasteiger partial charge in [-0.1, -0.05) is 19.1 Å². The Balaban J connectivity index is 2.18. The molecule has 0 aliphatic rings. The predicted molar refractivity (Wildman–Crippen MR) is 76.3 cm³/mol. The monoisotopic (exact) mass is 259 g/mol. The maximum atomic E-state index is 5.27. The number of hydrogen-bond donors (Lipinski definition) is 1. The first-order chi connectivity index (χ1) is 9.24. The summed E-state index contributed by atoms with van der Waals surface area (Å²) in [6.07, 6.45) is 4.71. The van der Waals surface area contributed by atoms with Gasteiger partial charge >= 0.3 is 0 Å². The third-order valence-electron chi connectivity index (χ3n) is 3.19. The molecule has 1 unspecified atom stereocenters. The van der Waals surface area contributed by atoms with Crippen LogP contribution in [-0.4, -0.2) is 23.2 Å². The summed E-state index contributed by atoms with van der Waals surface area (Å²) in [4.78, 5) is 4.44. The fraction of sp³-hybridized carbons (Fsp3) is 0.400. The molecule has 0 amide bonds. The highest BCUT2D eigenvalue weighted by molar-refractivity contribution is 5.29. The molecular weight excluding hydrogens is 238 g/mol. The average molecular weight is 259 g/mol. The molecule has 4 heteroatoms. The zero-order chi connectivity index (χ0) is 13.7. The van der Waals surface area contributed by atoms with Crippen molar-refractivity contribution < 1.29 is 4.74 Å². The molecule has 102 valence electrons. The van der Waals surface area contributed by atoms with E-state index in [-0.39, 0.29) is 6.04 Å². The van der Waals surface area contributed by atoms with E-state index >= 15 is 0 Å². The molecule has 0 saturated heterocycles. The number of rotatable bonds is 6. The van der Waals surface area contributed by atoms with Crippen LogP contribution < -0.4 is 10.1 Å². The molecule has 4 nitrogen and oxygen atoms in total. The summed E-state index contributed by atoms with van der Waals surface area (Å²) >= 11 is 0. The fourth-order valence-electron chi connectivity index (χ4n) is 2.25. The highest BCUT2D eigenvalue weighted by atomic mass is 16.5. The van der Waals surface area contributed by atoms with Gasteiger partial charge in [-0.05, 0) is 30.7 Å². The van der Waals surface area contributed by atoms with E-state index in [1.54, 1.807) is 7.11 Å². The van der Waals surface area contributed by atoms with E-state index in [1.807, 2.05) is 31.6 Å². The van der Waals surface area contributed by atoms with Gasteiger partial charge in [0.25, 0.3) is 0 Å². The summed E-state index contributed by atoms with van der Waals surface area (Å²) < 4.78 is 7.33. The van der Waals surface area contributed by atoms with Gasteiger partial charge in [0.15, 0.2) is 0 Å². The number of aryl methyl sites for hydroxylation is 1. The number of methoxy groups -OCH3 is 1. The van der Waals surface area contributed by atoms with Gasteiger partial charge in [-0.15, -0.1) is 0 Å². The van der Waals surface area contributed by atoms with Gasteiger partial charge in [-0.25, -0.2) is 4.98 Å². The first-order valence-electron chi connectivity index (χ1n) is 6.58. The Morgan fingerprint density at radius 1 is 1.42 bits per heavy atom. The largest absolute Gasteiger partial charge is 0.497 e. The van der Waals surface area contributed by atoms with Gasteiger partial charge < -0.3 is 14.6 Å². The molecule has 1 aromatic heterocycles. The van der Waals surface area contributed by atoms with Crippen LogP contribution >= 0.6 is 0 Å². The van der Waals surface area contributed by atoms with Gasteiger partial charge in [0.05, 0.1) is 13.2 Å². The Kier molecular flexibility index (Phi) is 4.58. The van der Waals surface area contributed by atoms with E-state index in [9.17, 15) is 0 Å². The standard InChI is InChI=1S/C15H21N3O/c1-4-16-14(15-17-8-9-18(15)2)11-12-6-5-7-13(10-12)19-3/h5-10,14,16H,4,11H2,1-3H3. The topological polar surface area (TPSA) is 39.1 Å². The minimum Gasteiger partial charge on any atom is -0.497 e. The second kappa shape index (κ2) is 6.38. The van der Waals surface area contributed by atoms with E-state index in [4.69, 9.17) is 4.74 Å². The van der Waals surface area contributed by atoms with Crippen molar-refractivity contribution in [1.82, 2.24) is 14.9 Å². The number of nitrogens with one attached hydrogen (secondary N) is 1. The summed E-state index contributed by atoms with van der Waals surface area (Å²) in [5.74, 6) is 1.96. The van der Waals surface area contributed by atoms with Gasteiger partial charge in [-0.2, -0.15) is 0 Å². The molecule has 0 aliphatic carbocycles. The fourth-order valence-corrected chi connectivity index (χ4v) is 2.25. The van der Waals surface area contributed by atoms with Crippen molar-refractivity contribution in [2.45, 2.75) is 19.4 Å². The lowest BCUT2D eigenvalue weighted by atomic mass is 10.0. The van der Waals surface area contributed by atoms with Crippen LogP contribution in [0.2, 0.25) is 0 Å². The number of imidazole rings is 1. The first-order valence-corrected chi connectivity index (χ1v) is 6.58. The lowest BCUT2D eigenvalue weighted by Crippen LogP contribution is -2.25. The Hall–Kier alpha value is -1.81. The minimum atomic E-state index is 0.220. The highest BCUT2D eigenvalue weighted by Crippen LogP contribution is 2.20. The maximum absolute atomic E-state index is 5.27. The van der Waals surface area contributed by atoms with E-state index < -0.39 is 0 Å². The average Bonchev–Trinajstić information content (AvgIpc) is 2.85. The molecule has 0 saturated carbocycles. The predicted octanol–water partition coefficient (Wildman–Crippen LogP) is 2.32. The van der Waals surface area contributed by atoms with Crippen LogP contribution in [0.1, 0.15) is 24.4 Å². The molecule has 1 aromatic carbocycles. The Bertz CT molecular complexity index is 522. The van der Waals surface area contributed by atoms with Gasteiger partial charge in [0.2, 0.25) is 0 Å². The van der Waals surface area contributed by atoms with Crippen molar-refractivity contribution in [3.63, 3.8) is 0 Å². The minimum absolute atomic E-state index is 0.220. The third-order valence-corrected chi connectivity index (χ3v) is 3.19. The summed E-state index contributed by atoms with van der Waals surface area (Å²) in [6, 6.07) is 8.41. The number of nitrogens with zero attached hydrogens (tertiary/aromatic N) is 2. The first kappa shape index (κ1) is 13.6. The second-order valence-corrected chi connectivity index (χ2v) is 4.56. The molecule has 1 N–H and O–H groups in total. The second-order valence-electron chi connectivity index (χ2n) is 4.56. The number of benzene rings is 1. The van der Waals surface area contributed by atoms with Crippen molar-refractivity contribution in [1.29, 1.82) is 0 Å². The molecule has 0 radical (unpaired) electrons. The zero-order valence-corrected chi connectivity index (χ0v) is 11.8. The number of hydrogen-bond acceptors (Lipinski definition) is 3. The molecule has 2 aromatic rings. The van der Waals surface area contributed by atoms with E-state index in [1.165, 1.54) is 5.56 Å². The third kappa shape index (κ3) is 3.35. The summed E-state index contributed by atoms with van der Waals surface area (Å²) in [6.45, 7) is 3.03. The highest BCUT2D eigenvalue weighted by Gasteiger charge is 2.15. The van der Waals surface area contributed by atoms with E-state index in [0.717, 1.165) is 24.5 Å². The number of likely N-dealkylation sites (N-methyl/N-ethyl adjacent to an activating group) is 1. The molecule has 0 aliphatic heterocycles.